The van der Waals surface area contributed by atoms with Crippen molar-refractivity contribution in [3.05, 3.63) is 226 Å². The lowest BCUT2D eigenvalue weighted by Crippen LogP contribution is -2.60. The summed E-state index contributed by atoms with van der Waals surface area (Å²) in [6.07, 6.45) is 16.3. The number of hydrogen-bond acceptors (Lipinski definition) is 21. The average molecular weight is 1630 g/mol. The Morgan fingerprint density at radius 1 is 0.642 bits per heavy atom. The summed E-state index contributed by atoms with van der Waals surface area (Å²) < 4.78 is 36.1. The fourth-order valence-electron chi connectivity index (χ4n) is 15.7. The molecule has 0 spiro atoms. The van der Waals surface area contributed by atoms with Crippen LogP contribution >= 0.6 is 0 Å². The predicted octanol–water partition coefficient (Wildman–Crippen LogP) is 15.9. The monoisotopic (exact) mass is 1620 g/mol. The van der Waals surface area contributed by atoms with E-state index in [1.807, 2.05) is 143 Å². The van der Waals surface area contributed by atoms with Crippen LogP contribution in [0.5, 0.6) is 11.5 Å². The van der Waals surface area contributed by atoms with Gasteiger partial charge in [-0.2, -0.15) is 5.26 Å². The number of halogens is 1. The minimum atomic E-state index is -0.460. The van der Waals surface area contributed by atoms with Crippen molar-refractivity contribution in [2.75, 3.05) is 100 Å². The van der Waals surface area contributed by atoms with Crippen molar-refractivity contribution in [1.82, 2.24) is 60.7 Å². The Labute approximate surface area is 703 Å². The Morgan fingerprint density at radius 2 is 1.27 bits per heavy atom. The zero-order valence-electron chi connectivity index (χ0n) is 70.4. The SMILES string of the molecule is CC1C(NC(=O)c2cnc(N3CCOCC3)nc2-c2ccc(C#N)cc2)CC2CC1C2(C)C.CCCCNC(=O)c1cnc(NC2CCCC2)nc1-c1cccc(C)c1.CCN(C)c1ncc(C(=O)NCCCOC)c(-c2cccc(C)c2)n1.CCN(Cc1ccccc1)C(=O)c1cnc(NCc2ccc3c(c2)OCO3)nc1-c1ccccc1F. The zero-order chi connectivity index (χ0) is 84.7. The van der Waals surface area contributed by atoms with Crippen LogP contribution in [0.3, 0.4) is 0 Å². The Morgan fingerprint density at radius 3 is 1.92 bits per heavy atom. The molecule has 0 radical (unpaired) electrons. The lowest BCUT2D eigenvalue weighted by atomic mass is 9.45. The molecule has 5 N–H and O–H groups in total. The summed E-state index contributed by atoms with van der Waals surface area (Å²) >= 11 is 0. The van der Waals surface area contributed by atoms with Crippen molar-refractivity contribution >= 4 is 47.4 Å². The normalized spacial score (nSPS) is 16.5. The number of aryl methyl sites for hydroxylation is 2. The number of benzene rings is 6. The number of methoxy groups -OCH3 is 1. The van der Waals surface area contributed by atoms with Crippen molar-refractivity contribution in [1.29, 1.82) is 5.26 Å². The number of morpholine rings is 1. The van der Waals surface area contributed by atoms with Gasteiger partial charge in [-0.3, -0.25) is 19.2 Å². The number of nitriles is 1. The highest BCUT2D eigenvalue weighted by Gasteiger charge is 2.56. The molecule has 6 heterocycles. The fourth-order valence-corrected chi connectivity index (χ4v) is 15.7. The molecule has 25 nitrogen and oxygen atoms in total. The topological polar surface area (TPSA) is 302 Å². The van der Waals surface area contributed by atoms with E-state index in [1.54, 1.807) is 60.9 Å². The summed E-state index contributed by atoms with van der Waals surface area (Å²) in [6, 6.07) is 47.7. The molecule has 6 aromatic carbocycles. The van der Waals surface area contributed by atoms with Gasteiger partial charge in [-0.1, -0.05) is 155 Å². The Bertz CT molecular complexity index is 5190. The van der Waals surface area contributed by atoms with E-state index in [-0.39, 0.29) is 59.2 Å². The van der Waals surface area contributed by atoms with Crippen molar-refractivity contribution in [2.45, 2.75) is 138 Å². The van der Waals surface area contributed by atoms with E-state index >= 15 is 0 Å². The maximum Gasteiger partial charge on any atom is 0.257 e. The van der Waals surface area contributed by atoms with Gasteiger partial charge in [0.15, 0.2) is 11.5 Å². The van der Waals surface area contributed by atoms with Gasteiger partial charge in [-0.15, -0.1) is 0 Å². The molecule has 6 aliphatic rings. The second-order valence-corrected chi connectivity index (χ2v) is 31.5. The first kappa shape index (κ1) is 87.0. The van der Waals surface area contributed by atoms with Crippen LogP contribution in [0.4, 0.5) is 28.2 Å². The van der Waals surface area contributed by atoms with Crippen molar-refractivity contribution in [3.8, 4) is 62.6 Å². The molecule has 26 heteroatoms. The van der Waals surface area contributed by atoms with Crippen LogP contribution < -0.4 is 45.9 Å². The molecule has 4 aliphatic carbocycles. The van der Waals surface area contributed by atoms with Crippen molar-refractivity contribution in [2.24, 2.45) is 23.2 Å². The van der Waals surface area contributed by atoms with E-state index < -0.39 is 5.82 Å². The summed E-state index contributed by atoms with van der Waals surface area (Å²) in [7, 11) is 3.58. The number of carbonyl (C=O) groups is 4. The number of fused-ring (bicyclic) bond motifs is 3. The molecular weight excluding hydrogens is 1510 g/mol. The highest BCUT2D eigenvalue weighted by atomic mass is 19.1. The predicted molar refractivity (Wildman–Crippen MR) is 465 cm³/mol. The number of rotatable bonds is 27. The molecule has 16 rings (SSSR count). The van der Waals surface area contributed by atoms with E-state index in [2.05, 4.69) is 101 Å². The van der Waals surface area contributed by atoms with Crippen molar-refractivity contribution < 1.29 is 42.5 Å². The van der Waals surface area contributed by atoms with Crippen LogP contribution in [0.2, 0.25) is 0 Å². The lowest BCUT2D eigenvalue weighted by molar-refractivity contribution is -0.113. The quantitative estimate of drug-likeness (QED) is 0.0299. The number of nitrogens with zero attached hydrogens (tertiary/aromatic N) is 12. The van der Waals surface area contributed by atoms with E-state index in [4.69, 9.17) is 34.2 Å². The summed E-state index contributed by atoms with van der Waals surface area (Å²) in [5.41, 5.74) is 12.0. The first-order valence-electron chi connectivity index (χ1n) is 41.7. The molecule has 4 saturated carbocycles. The molecular formula is C94H110FN17O8. The first-order valence-corrected chi connectivity index (χ1v) is 41.7. The second kappa shape index (κ2) is 41.9. The number of unbranched alkanes of at least 4 members (excludes halogenated alkanes) is 1. The summed E-state index contributed by atoms with van der Waals surface area (Å²) in [5, 5.41) is 25.0. The molecule has 4 atom stereocenters. The van der Waals surface area contributed by atoms with Crippen LogP contribution in [-0.2, 0) is 22.6 Å². The minimum Gasteiger partial charge on any atom is -0.454 e. The molecule has 5 fully saturated rings. The van der Waals surface area contributed by atoms with Crippen LogP contribution in [0.25, 0.3) is 45.0 Å². The van der Waals surface area contributed by atoms with Gasteiger partial charge in [-0.05, 0) is 149 Å². The Balaban J connectivity index is 0.000000148. The van der Waals surface area contributed by atoms with Crippen LogP contribution in [0.15, 0.2) is 170 Å². The maximum atomic E-state index is 14.8. The average Bonchev–Trinajstić information content (AvgIpc) is 0.828. The maximum absolute atomic E-state index is 14.8. The first-order chi connectivity index (χ1) is 58.2. The molecule has 2 aliphatic heterocycles. The molecule has 4 amide bonds. The van der Waals surface area contributed by atoms with Gasteiger partial charge in [0.25, 0.3) is 23.6 Å². The Kier molecular flexibility index (Phi) is 30.3. The number of amides is 4. The molecule has 120 heavy (non-hydrogen) atoms. The number of carbonyl (C=O) groups excluding carboxylic acids is 4. The van der Waals surface area contributed by atoms with E-state index in [9.17, 15) is 23.6 Å². The van der Waals surface area contributed by atoms with Crippen LogP contribution in [0.1, 0.15) is 169 Å². The van der Waals surface area contributed by atoms with Gasteiger partial charge >= 0.3 is 0 Å². The third-order valence-corrected chi connectivity index (χ3v) is 23.0. The molecule has 1 saturated heterocycles. The third-order valence-electron chi connectivity index (χ3n) is 23.0. The van der Waals surface area contributed by atoms with Gasteiger partial charge in [0.05, 0.1) is 69.9 Å². The standard InChI is InChI=1S/C28H25FN4O3.C26H31N5O2.C21H28N4O.C19H26N4O2/c1-2-33(17-19-8-4-3-5-9-19)27(34)22-16-31-28(32-26(22)21-10-6-7-11-23(21)29)30-15-20-12-13-24-25(14-20)36-18-35-24;1-16-21-12-19(26(21,2)3)13-22(16)29-24(32)20-15-28-25(31-8-10-33-11-9-31)30-23(20)18-6-4-17(14-27)5-7-18;1-3-4-12-22-20(26)18-14-23-21(24-17-10-5-6-11-17)25-19(18)16-9-7-8-15(2)13-16;1-5-23(3)19-21-13-16(18(24)20-10-7-11-25-4)17(22-19)15-9-6-8-14(2)12-15/h3-14,16H,2,15,17-18H2,1H3,(H,30,31,32);4-7,15-16,19,21-22H,8-13H2,1-3H3,(H,29,32);7-9,13-14,17H,3-6,10-12H2,1-2H3,(H,22,26)(H,23,24,25);6,8-9,12-13H,5,7,10-11H2,1-4H3,(H,20,24). The molecule has 4 aromatic heterocycles. The van der Waals surface area contributed by atoms with Crippen molar-refractivity contribution in [3.63, 3.8) is 0 Å². The zero-order valence-corrected chi connectivity index (χ0v) is 70.4. The minimum absolute atomic E-state index is 0.109. The lowest BCUT2D eigenvalue weighted by Gasteiger charge is -2.62. The number of anilines is 4. The van der Waals surface area contributed by atoms with Gasteiger partial charge < -0.3 is 60.2 Å². The largest absolute Gasteiger partial charge is 0.454 e. The van der Waals surface area contributed by atoms with Gasteiger partial charge in [0.1, 0.15) is 5.82 Å². The van der Waals surface area contributed by atoms with Crippen LogP contribution in [0, 0.1) is 54.2 Å². The van der Waals surface area contributed by atoms with E-state index in [0.29, 0.717) is 150 Å². The molecule has 626 valence electrons. The van der Waals surface area contributed by atoms with Gasteiger partial charge in [0, 0.05) is 132 Å². The highest BCUT2D eigenvalue weighted by molar-refractivity contribution is 6.02. The number of hydrogen-bond donors (Lipinski definition) is 5. The summed E-state index contributed by atoms with van der Waals surface area (Å²) in [4.78, 5) is 94.4. The van der Waals surface area contributed by atoms with Gasteiger partial charge in [0.2, 0.25) is 30.6 Å². The van der Waals surface area contributed by atoms with E-state index in [1.165, 1.54) is 31.5 Å². The van der Waals surface area contributed by atoms with Gasteiger partial charge in [-0.25, -0.2) is 44.3 Å². The van der Waals surface area contributed by atoms with E-state index in [0.717, 1.165) is 97.1 Å². The smallest absolute Gasteiger partial charge is 0.257 e. The molecule has 2 bridgehead atoms. The second-order valence-electron chi connectivity index (χ2n) is 31.5. The highest BCUT2D eigenvalue weighted by Crippen LogP contribution is 2.61. The summed E-state index contributed by atoms with van der Waals surface area (Å²) in [6.45, 7) is 24.0. The molecule has 4 unspecified atom stereocenters. The number of ether oxygens (including phenoxy) is 4. The summed E-state index contributed by atoms with van der Waals surface area (Å²) in [5.74, 6) is 4.13. The van der Waals surface area contributed by atoms with Crippen LogP contribution in [-0.4, -0.2) is 161 Å². The number of aromatic nitrogens is 8. The Hall–Kier alpha value is -12.3. The fraction of sp³-hybridized carbons (Fsp3) is 0.394. The molecule has 10 aromatic rings. The number of nitrogens with one attached hydrogen (secondary N) is 5. The third kappa shape index (κ3) is 22.1.